The number of halogens is 5. The Balaban J connectivity index is 1.65. The minimum atomic E-state index is -4.83. The van der Waals surface area contributed by atoms with Crippen LogP contribution in [0.15, 0.2) is 70.6 Å². The summed E-state index contributed by atoms with van der Waals surface area (Å²) in [5, 5.41) is 10.8. The molecule has 0 aliphatic carbocycles. The molecule has 0 bridgehead atoms. The lowest BCUT2D eigenvalue weighted by atomic mass is 10.2. The molecule has 14 heteroatoms. The molecule has 0 aliphatic heterocycles. The summed E-state index contributed by atoms with van der Waals surface area (Å²) in [5.74, 6) is -1.67. The molecular weight excluding hydrogens is 556 g/mol. The smallest absolute Gasteiger partial charge is 0.406 e. The van der Waals surface area contributed by atoms with Gasteiger partial charge in [-0.3, -0.25) is 4.79 Å². The number of carbonyl (C=O) groups is 1. The summed E-state index contributed by atoms with van der Waals surface area (Å²) in [6.45, 7) is 0. The molecule has 4 rings (SSSR count). The van der Waals surface area contributed by atoms with Gasteiger partial charge in [0.05, 0.1) is 17.1 Å². The Morgan fingerprint density at radius 1 is 1.11 bits per heavy atom. The fourth-order valence-electron chi connectivity index (χ4n) is 2.87. The van der Waals surface area contributed by atoms with Crippen LogP contribution in [-0.4, -0.2) is 37.2 Å². The van der Waals surface area contributed by atoms with Crippen molar-refractivity contribution in [3.63, 3.8) is 0 Å². The van der Waals surface area contributed by atoms with Gasteiger partial charge in [-0.2, -0.15) is 0 Å². The molecule has 180 valence electrons. The first kappa shape index (κ1) is 24.6. The third kappa shape index (κ3) is 6.33. The number of hydrogen-bond acceptors (Lipinski definition) is 7. The van der Waals surface area contributed by atoms with E-state index in [2.05, 4.69) is 46.3 Å². The fourth-order valence-corrected chi connectivity index (χ4v) is 4.00. The minimum absolute atomic E-state index is 0.0635. The Hall–Kier alpha value is -3.52. The van der Waals surface area contributed by atoms with Crippen LogP contribution < -0.4 is 10.1 Å². The molecule has 0 radical (unpaired) electrons. The third-order valence-corrected chi connectivity index (χ3v) is 5.73. The van der Waals surface area contributed by atoms with E-state index >= 15 is 0 Å². The average molecular weight is 569 g/mol. The summed E-state index contributed by atoms with van der Waals surface area (Å²) in [6.07, 6.45) is -1.73. The van der Waals surface area contributed by atoms with Crippen molar-refractivity contribution in [1.82, 2.24) is 25.0 Å². The van der Waals surface area contributed by atoms with Crippen LogP contribution in [0.2, 0.25) is 0 Å². The highest BCUT2D eigenvalue weighted by molar-refractivity contribution is 9.10. The molecule has 0 aliphatic rings. The zero-order valence-electron chi connectivity index (χ0n) is 17.3. The van der Waals surface area contributed by atoms with Gasteiger partial charge < -0.3 is 10.1 Å². The monoisotopic (exact) mass is 568 g/mol. The number of nitrogens with one attached hydrogen (secondary N) is 1. The number of amides is 1. The van der Waals surface area contributed by atoms with E-state index in [1.165, 1.54) is 40.7 Å². The summed E-state index contributed by atoms with van der Waals surface area (Å²) >= 11 is 4.33. The highest BCUT2D eigenvalue weighted by Gasteiger charge is 2.31. The topological polar surface area (TPSA) is 94.8 Å². The molecular formula is C21H13BrF4N6O2S. The van der Waals surface area contributed by atoms with Crippen molar-refractivity contribution in [3.8, 4) is 11.4 Å². The first-order valence-electron chi connectivity index (χ1n) is 9.66. The van der Waals surface area contributed by atoms with Gasteiger partial charge in [-0.05, 0) is 48.5 Å². The number of aromatic nitrogens is 5. The normalized spacial score (nSPS) is 11.3. The lowest BCUT2D eigenvalue weighted by molar-refractivity contribution is -0.274. The summed E-state index contributed by atoms with van der Waals surface area (Å²) < 4.78 is 57.3. The van der Waals surface area contributed by atoms with Gasteiger partial charge in [0.2, 0.25) is 0 Å². The highest BCUT2D eigenvalue weighted by Crippen LogP contribution is 2.27. The first-order valence-corrected chi connectivity index (χ1v) is 11.4. The van der Waals surface area contributed by atoms with E-state index in [1.54, 1.807) is 24.5 Å². The number of thioether (sulfide) groups is 1. The van der Waals surface area contributed by atoms with Crippen LogP contribution in [-0.2, 0) is 5.75 Å². The standard InChI is InChI=1S/C21H13BrF4N6O2S/c22-12-2-7-16(15(23)10-12)29-19(33)18-17(11-35-20-27-8-1-9-28-20)32(31-30-18)13-3-5-14(6-4-13)34-21(24,25)26/h1-10H,11H2,(H,29,33). The second-order valence-electron chi connectivity index (χ2n) is 6.74. The Bertz CT molecular complexity index is 1340. The summed E-state index contributed by atoms with van der Waals surface area (Å²) in [7, 11) is 0. The van der Waals surface area contributed by atoms with E-state index in [1.807, 2.05) is 0 Å². The summed E-state index contributed by atoms with van der Waals surface area (Å²) in [4.78, 5) is 21.2. The molecule has 0 saturated carbocycles. The lowest BCUT2D eigenvalue weighted by Gasteiger charge is -2.11. The van der Waals surface area contributed by atoms with Crippen LogP contribution in [0.3, 0.4) is 0 Å². The molecule has 2 aromatic heterocycles. The van der Waals surface area contributed by atoms with Crippen LogP contribution in [0.25, 0.3) is 5.69 Å². The van der Waals surface area contributed by atoms with Crippen LogP contribution >= 0.6 is 27.7 Å². The Morgan fingerprint density at radius 2 is 1.83 bits per heavy atom. The van der Waals surface area contributed by atoms with Crippen LogP contribution in [0.4, 0.5) is 23.2 Å². The van der Waals surface area contributed by atoms with Gasteiger partial charge in [0.25, 0.3) is 5.91 Å². The maximum atomic E-state index is 14.2. The molecule has 2 heterocycles. The Kier molecular flexibility index (Phi) is 7.31. The third-order valence-electron chi connectivity index (χ3n) is 4.35. The minimum Gasteiger partial charge on any atom is -0.406 e. The predicted octanol–water partition coefficient (Wildman–Crippen LogP) is 5.40. The maximum Gasteiger partial charge on any atom is 0.573 e. The van der Waals surface area contributed by atoms with Gasteiger partial charge >= 0.3 is 6.36 Å². The number of carbonyl (C=O) groups excluding carboxylic acids is 1. The molecule has 1 N–H and O–H groups in total. The molecule has 0 unspecified atom stereocenters. The summed E-state index contributed by atoms with van der Waals surface area (Å²) in [6, 6.07) is 10.7. The van der Waals surface area contributed by atoms with E-state index in [0.717, 1.165) is 12.1 Å². The number of anilines is 1. The molecule has 4 aromatic rings. The number of hydrogen-bond donors (Lipinski definition) is 1. The largest absolute Gasteiger partial charge is 0.573 e. The highest BCUT2D eigenvalue weighted by atomic mass is 79.9. The van der Waals surface area contributed by atoms with Crippen LogP contribution in [0.1, 0.15) is 16.2 Å². The van der Waals surface area contributed by atoms with Crippen molar-refractivity contribution in [1.29, 1.82) is 0 Å². The van der Waals surface area contributed by atoms with Gasteiger partial charge in [0, 0.05) is 22.6 Å². The van der Waals surface area contributed by atoms with Crippen molar-refractivity contribution >= 4 is 39.3 Å². The van der Waals surface area contributed by atoms with Gasteiger partial charge in [-0.1, -0.05) is 32.9 Å². The quantitative estimate of drug-likeness (QED) is 0.181. The zero-order chi connectivity index (χ0) is 25.0. The van der Waals surface area contributed by atoms with Gasteiger partial charge in [-0.25, -0.2) is 19.0 Å². The molecule has 8 nitrogen and oxygen atoms in total. The molecule has 35 heavy (non-hydrogen) atoms. The molecule has 2 aromatic carbocycles. The van der Waals surface area contributed by atoms with Crippen LogP contribution in [0.5, 0.6) is 5.75 Å². The Morgan fingerprint density at radius 3 is 2.49 bits per heavy atom. The van der Waals surface area contributed by atoms with E-state index < -0.39 is 23.8 Å². The maximum absolute atomic E-state index is 14.2. The van der Waals surface area contributed by atoms with E-state index in [-0.39, 0.29) is 17.1 Å². The van der Waals surface area contributed by atoms with Crippen molar-refractivity contribution in [2.75, 3.05) is 5.32 Å². The molecule has 0 atom stereocenters. The van der Waals surface area contributed by atoms with Crippen LogP contribution in [0, 0.1) is 5.82 Å². The lowest BCUT2D eigenvalue weighted by Crippen LogP contribution is -2.17. The predicted molar refractivity (Wildman–Crippen MR) is 122 cm³/mol. The number of benzene rings is 2. The molecule has 1 amide bonds. The van der Waals surface area contributed by atoms with E-state index in [4.69, 9.17) is 0 Å². The molecule has 0 saturated heterocycles. The van der Waals surface area contributed by atoms with Gasteiger partial charge in [0.15, 0.2) is 10.9 Å². The first-order chi connectivity index (χ1) is 16.7. The average Bonchev–Trinajstić information content (AvgIpc) is 3.24. The van der Waals surface area contributed by atoms with E-state index in [0.29, 0.717) is 21.0 Å². The fraction of sp³-hybridized carbons (Fsp3) is 0.0952. The molecule has 0 fully saturated rings. The van der Waals surface area contributed by atoms with Crippen molar-refractivity contribution in [3.05, 3.63) is 82.6 Å². The van der Waals surface area contributed by atoms with Crippen molar-refractivity contribution in [2.24, 2.45) is 0 Å². The molecule has 0 spiro atoms. The zero-order valence-corrected chi connectivity index (χ0v) is 19.7. The number of ether oxygens (including phenoxy) is 1. The van der Waals surface area contributed by atoms with Gasteiger partial charge in [0.1, 0.15) is 11.6 Å². The number of nitrogens with zero attached hydrogens (tertiary/aromatic N) is 5. The second kappa shape index (κ2) is 10.4. The second-order valence-corrected chi connectivity index (χ2v) is 8.59. The van der Waals surface area contributed by atoms with Crippen molar-refractivity contribution in [2.45, 2.75) is 17.3 Å². The number of rotatable bonds is 7. The number of alkyl halides is 3. The van der Waals surface area contributed by atoms with Crippen molar-refractivity contribution < 1.29 is 27.1 Å². The summed E-state index contributed by atoms with van der Waals surface area (Å²) in [5.41, 5.74) is 0.449. The van der Waals surface area contributed by atoms with Gasteiger partial charge in [-0.15, -0.1) is 18.3 Å². The van der Waals surface area contributed by atoms with E-state index in [9.17, 15) is 22.4 Å². The SMILES string of the molecule is O=C(Nc1ccc(Br)cc1F)c1nnn(-c2ccc(OC(F)(F)F)cc2)c1CSc1ncccn1. The Labute approximate surface area is 207 Å².